The Labute approximate surface area is 167 Å². The molecule has 0 unspecified atom stereocenters. The molecule has 1 heterocycles. The van der Waals surface area contributed by atoms with Crippen LogP contribution in [0.25, 0.3) is 0 Å². The van der Waals surface area contributed by atoms with E-state index in [0.29, 0.717) is 19.6 Å². The highest BCUT2D eigenvalue weighted by atomic mass is 16.5. The highest BCUT2D eigenvalue weighted by Crippen LogP contribution is 2.30. The maximum atomic E-state index is 12.6. The summed E-state index contributed by atoms with van der Waals surface area (Å²) in [6.07, 6.45) is 12.7. The van der Waals surface area contributed by atoms with Gasteiger partial charge in [-0.25, -0.2) is 4.98 Å². The van der Waals surface area contributed by atoms with E-state index in [4.69, 9.17) is 4.74 Å². The first kappa shape index (κ1) is 20.8. The third kappa shape index (κ3) is 5.80. The van der Waals surface area contributed by atoms with Gasteiger partial charge >= 0.3 is 0 Å². The molecule has 1 aromatic rings. The Bertz CT molecular complexity index is 615. The molecule has 2 fully saturated rings. The van der Waals surface area contributed by atoms with Crippen LogP contribution >= 0.6 is 0 Å². The van der Waals surface area contributed by atoms with Crippen molar-refractivity contribution in [3.8, 4) is 0 Å². The third-order valence-electron chi connectivity index (χ3n) is 5.95. The van der Waals surface area contributed by atoms with Crippen molar-refractivity contribution in [2.75, 3.05) is 13.2 Å². The molecule has 0 saturated heterocycles. The number of hydrogen-bond donors (Lipinski definition) is 2. The first-order valence-electron chi connectivity index (χ1n) is 10.8. The van der Waals surface area contributed by atoms with Crippen molar-refractivity contribution in [1.29, 1.82) is 0 Å². The first-order chi connectivity index (χ1) is 13.7. The molecule has 1 aromatic heterocycles. The number of hydrogen-bond acceptors (Lipinski definition) is 4. The average Bonchev–Trinajstić information content (AvgIpc) is 3.16. The lowest BCUT2D eigenvalue weighted by molar-refractivity contribution is -0.132. The summed E-state index contributed by atoms with van der Waals surface area (Å²) in [7, 11) is 0. The molecule has 156 valence electrons. The highest BCUT2D eigenvalue weighted by Gasteiger charge is 2.36. The van der Waals surface area contributed by atoms with Gasteiger partial charge in [0.25, 0.3) is 0 Å². The molecule has 7 heteroatoms. The maximum absolute atomic E-state index is 12.6. The average molecular weight is 391 g/mol. The minimum Gasteiger partial charge on any atom is -0.376 e. The minimum absolute atomic E-state index is 0.0324. The van der Waals surface area contributed by atoms with Gasteiger partial charge in [-0.2, -0.15) is 0 Å². The molecule has 3 atom stereocenters. The van der Waals surface area contributed by atoms with E-state index in [9.17, 15) is 9.59 Å². The van der Waals surface area contributed by atoms with Gasteiger partial charge in [0.2, 0.25) is 11.8 Å². The Balaban J connectivity index is 1.43. The van der Waals surface area contributed by atoms with Gasteiger partial charge in [-0.1, -0.05) is 13.3 Å². The van der Waals surface area contributed by atoms with E-state index in [1.165, 1.54) is 0 Å². The predicted octanol–water partition coefficient (Wildman–Crippen LogP) is 2.27. The Kier molecular flexibility index (Phi) is 7.89. The molecule has 0 spiro atoms. The largest absolute Gasteiger partial charge is 0.376 e. The normalized spacial score (nSPS) is 25.1. The molecule has 28 heavy (non-hydrogen) atoms. The quantitative estimate of drug-likeness (QED) is 0.600. The number of rotatable bonds is 10. The van der Waals surface area contributed by atoms with Crippen LogP contribution in [-0.4, -0.2) is 46.7 Å². The molecule has 0 aromatic carbocycles. The van der Waals surface area contributed by atoms with Gasteiger partial charge in [-0.05, 0) is 44.9 Å². The standard InChI is InChI=1S/C21H34N4O3/c1-2-13-28-19-14-17(7-8-18(19)24-21(27)16-5-3-6-16)20(26)23-9-4-11-25-12-10-22-15-25/h10,12,15-19H,2-9,11,13-14H2,1H3,(H,23,26)(H,24,27)/t17-,18-,19-/m0/s1. The Morgan fingerprint density at radius 2 is 2.04 bits per heavy atom. The van der Waals surface area contributed by atoms with E-state index in [1.807, 2.05) is 10.8 Å². The van der Waals surface area contributed by atoms with Gasteiger partial charge in [-0.15, -0.1) is 0 Å². The molecule has 0 bridgehead atoms. The number of imidazole rings is 1. The van der Waals surface area contributed by atoms with Crippen molar-refractivity contribution in [3.63, 3.8) is 0 Å². The summed E-state index contributed by atoms with van der Waals surface area (Å²) in [6.45, 7) is 4.26. The van der Waals surface area contributed by atoms with Gasteiger partial charge in [0, 0.05) is 43.9 Å². The fraction of sp³-hybridized carbons (Fsp3) is 0.762. The molecule has 2 N–H and O–H groups in total. The van der Waals surface area contributed by atoms with E-state index in [2.05, 4.69) is 22.5 Å². The zero-order valence-electron chi connectivity index (χ0n) is 16.9. The van der Waals surface area contributed by atoms with Crippen LogP contribution < -0.4 is 10.6 Å². The lowest BCUT2D eigenvalue weighted by Gasteiger charge is -2.37. The predicted molar refractivity (Wildman–Crippen MR) is 106 cm³/mol. The molecular weight excluding hydrogens is 356 g/mol. The summed E-state index contributed by atoms with van der Waals surface area (Å²) < 4.78 is 8.04. The lowest BCUT2D eigenvalue weighted by atomic mass is 9.81. The summed E-state index contributed by atoms with van der Waals surface area (Å²) in [4.78, 5) is 29.0. The zero-order chi connectivity index (χ0) is 19.8. The number of carbonyl (C=O) groups excluding carboxylic acids is 2. The van der Waals surface area contributed by atoms with Crippen molar-refractivity contribution in [3.05, 3.63) is 18.7 Å². The lowest BCUT2D eigenvalue weighted by Crippen LogP contribution is -2.52. The summed E-state index contributed by atoms with van der Waals surface area (Å²) >= 11 is 0. The van der Waals surface area contributed by atoms with Crippen LogP contribution in [0.3, 0.4) is 0 Å². The van der Waals surface area contributed by atoms with Crippen molar-refractivity contribution in [2.45, 2.75) is 77.0 Å². The van der Waals surface area contributed by atoms with Crippen LogP contribution in [-0.2, 0) is 20.9 Å². The maximum Gasteiger partial charge on any atom is 0.223 e. The second kappa shape index (κ2) is 10.6. The number of ether oxygens (including phenoxy) is 1. The van der Waals surface area contributed by atoms with Crippen molar-refractivity contribution in [2.24, 2.45) is 11.8 Å². The number of carbonyl (C=O) groups is 2. The van der Waals surface area contributed by atoms with Gasteiger partial charge < -0.3 is 19.9 Å². The van der Waals surface area contributed by atoms with Crippen LogP contribution in [0.1, 0.15) is 58.3 Å². The Morgan fingerprint density at radius 1 is 1.18 bits per heavy atom. The van der Waals surface area contributed by atoms with Gasteiger partial charge in [0.1, 0.15) is 0 Å². The molecule has 2 aliphatic carbocycles. The van der Waals surface area contributed by atoms with Crippen LogP contribution in [0, 0.1) is 11.8 Å². The first-order valence-corrected chi connectivity index (χ1v) is 10.8. The molecule has 3 rings (SSSR count). The van der Waals surface area contributed by atoms with Crippen molar-refractivity contribution >= 4 is 11.8 Å². The van der Waals surface area contributed by atoms with Gasteiger partial charge in [0.05, 0.1) is 18.5 Å². The topological polar surface area (TPSA) is 85.2 Å². The minimum atomic E-state index is -0.0700. The van der Waals surface area contributed by atoms with E-state index in [1.54, 1.807) is 12.5 Å². The molecule has 2 saturated carbocycles. The van der Waals surface area contributed by atoms with Crippen LogP contribution in [0.5, 0.6) is 0 Å². The number of amides is 2. The summed E-state index contributed by atoms with van der Waals surface area (Å²) in [5.41, 5.74) is 0. The molecule has 0 aliphatic heterocycles. The van der Waals surface area contributed by atoms with Crippen LogP contribution in [0.4, 0.5) is 0 Å². The SMILES string of the molecule is CCCO[C@H]1C[C@@H](C(=O)NCCCn2ccnc2)CC[C@@H]1NC(=O)C1CCC1. The Morgan fingerprint density at radius 3 is 2.71 bits per heavy atom. The summed E-state index contributed by atoms with van der Waals surface area (Å²) in [5.74, 6) is 0.429. The molecule has 0 radical (unpaired) electrons. The van der Waals surface area contributed by atoms with Crippen molar-refractivity contribution < 1.29 is 14.3 Å². The summed E-state index contributed by atoms with van der Waals surface area (Å²) in [6, 6.07) is 0.0324. The van der Waals surface area contributed by atoms with Crippen LogP contribution in [0.2, 0.25) is 0 Å². The number of aryl methyl sites for hydroxylation is 1. The van der Waals surface area contributed by atoms with E-state index >= 15 is 0 Å². The highest BCUT2D eigenvalue weighted by molar-refractivity contribution is 5.80. The smallest absolute Gasteiger partial charge is 0.223 e. The van der Waals surface area contributed by atoms with Crippen LogP contribution in [0.15, 0.2) is 18.7 Å². The van der Waals surface area contributed by atoms with Gasteiger partial charge in [-0.3, -0.25) is 9.59 Å². The van der Waals surface area contributed by atoms with E-state index in [-0.39, 0.29) is 35.8 Å². The fourth-order valence-electron chi connectivity index (χ4n) is 3.99. The number of nitrogens with zero attached hydrogens (tertiary/aromatic N) is 2. The number of aromatic nitrogens is 2. The van der Waals surface area contributed by atoms with E-state index in [0.717, 1.165) is 51.5 Å². The monoisotopic (exact) mass is 390 g/mol. The van der Waals surface area contributed by atoms with E-state index < -0.39 is 0 Å². The Hall–Kier alpha value is -1.89. The fourth-order valence-corrected chi connectivity index (χ4v) is 3.99. The van der Waals surface area contributed by atoms with Crippen molar-refractivity contribution in [1.82, 2.24) is 20.2 Å². The third-order valence-corrected chi connectivity index (χ3v) is 5.95. The molecule has 7 nitrogen and oxygen atoms in total. The second-order valence-electron chi connectivity index (χ2n) is 8.11. The molecule has 2 amide bonds. The summed E-state index contributed by atoms with van der Waals surface area (Å²) in [5, 5.41) is 6.27. The number of nitrogens with one attached hydrogen (secondary N) is 2. The molecule has 2 aliphatic rings. The zero-order valence-corrected chi connectivity index (χ0v) is 16.9. The van der Waals surface area contributed by atoms with Gasteiger partial charge in [0.15, 0.2) is 0 Å². The second-order valence-corrected chi connectivity index (χ2v) is 8.11. The molecular formula is C21H34N4O3.